The first-order valence-corrected chi connectivity index (χ1v) is 7.91. The molecule has 0 aliphatic carbocycles. The molecular formula is C18H24N2O. The van der Waals surface area contributed by atoms with E-state index in [1.807, 2.05) is 24.3 Å². The highest BCUT2D eigenvalue weighted by molar-refractivity contribution is 6.00. The Bertz CT molecular complexity index is 607. The molecule has 112 valence electrons. The van der Waals surface area contributed by atoms with Gasteiger partial charge >= 0.3 is 0 Å². The van der Waals surface area contributed by atoms with Crippen molar-refractivity contribution in [3.05, 3.63) is 36.0 Å². The minimum absolute atomic E-state index is 0.0999. The van der Waals surface area contributed by atoms with Gasteiger partial charge in [-0.1, -0.05) is 57.2 Å². The van der Waals surface area contributed by atoms with Crippen LogP contribution in [0.15, 0.2) is 30.3 Å². The summed E-state index contributed by atoms with van der Waals surface area (Å²) in [6, 6.07) is 9.38. The third kappa shape index (κ3) is 4.28. The normalized spacial score (nSPS) is 10.9. The van der Waals surface area contributed by atoms with E-state index >= 15 is 0 Å². The number of pyridine rings is 1. The molecule has 0 unspecified atom stereocenters. The minimum Gasteiger partial charge on any atom is -0.398 e. The number of fused-ring (bicyclic) bond motifs is 1. The Kier molecular flexibility index (Phi) is 5.73. The highest BCUT2D eigenvalue weighted by atomic mass is 16.1. The molecule has 1 aromatic carbocycles. The Balaban J connectivity index is 1.93. The summed E-state index contributed by atoms with van der Waals surface area (Å²) in [5, 5.41) is 0.911. The van der Waals surface area contributed by atoms with Crippen molar-refractivity contribution in [1.82, 2.24) is 4.98 Å². The number of ketones is 1. The molecule has 2 N–H and O–H groups in total. The first-order valence-electron chi connectivity index (χ1n) is 7.91. The molecule has 3 nitrogen and oxygen atoms in total. The van der Waals surface area contributed by atoms with Crippen LogP contribution < -0.4 is 5.73 Å². The van der Waals surface area contributed by atoms with E-state index in [1.165, 1.54) is 25.7 Å². The number of carbonyl (C=O) groups excluding carboxylic acids is 1. The van der Waals surface area contributed by atoms with Crippen LogP contribution in [0.25, 0.3) is 10.9 Å². The maximum atomic E-state index is 12.2. The fraction of sp³-hybridized carbons (Fsp3) is 0.444. The van der Waals surface area contributed by atoms with Gasteiger partial charge in [0.2, 0.25) is 0 Å². The summed E-state index contributed by atoms with van der Waals surface area (Å²) < 4.78 is 0. The van der Waals surface area contributed by atoms with Crippen LogP contribution in [0.1, 0.15) is 62.4 Å². The highest BCUT2D eigenvalue weighted by Crippen LogP contribution is 2.21. The van der Waals surface area contributed by atoms with Crippen LogP contribution in [0.5, 0.6) is 0 Å². The van der Waals surface area contributed by atoms with Gasteiger partial charge in [0, 0.05) is 17.5 Å². The number of rotatable bonds is 8. The Morgan fingerprint density at radius 1 is 1.10 bits per heavy atom. The number of benzene rings is 1. The molecule has 1 heterocycles. The Hall–Kier alpha value is -1.90. The van der Waals surface area contributed by atoms with Crippen molar-refractivity contribution >= 4 is 22.4 Å². The monoisotopic (exact) mass is 284 g/mol. The van der Waals surface area contributed by atoms with Crippen molar-refractivity contribution < 1.29 is 4.79 Å². The fourth-order valence-corrected chi connectivity index (χ4v) is 2.54. The van der Waals surface area contributed by atoms with E-state index in [1.54, 1.807) is 6.07 Å². The lowest BCUT2D eigenvalue weighted by atomic mass is 10.0. The van der Waals surface area contributed by atoms with Crippen molar-refractivity contribution in [2.45, 2.75) is 51.9 Å². The maximum absolute atomic E-state index is 12.2. The van der Waals surface area contributed by atoms with Crippen LogP contribution in [0.4, 0.5) is 5.69 Å². The zero-order chi connectivity index (χ0) is 15.1. The van der Waals surface area contributed by atoms with Crippen molar-refractivity contribution in [3.63, 3.8) is 0 Å². The SMILES string of the molecule is CCCCCCCCC(=O)c1cc(N)c2ccccc2n1. The molecule has 0 fully saturated rings. The quantitative estimate of drug-likeness (QED) is 0.562. The second-order valence-corrected chi connectivity index (χ2v) is 5.55. The molecule has 2 rings (SSSR count). The number of nitrogen functional groups attached to an aromatic ring is 1. The Morgan fingerprint density at radius 3 is 2.62 bits per heavy atom. The molecule has 0 aliphatic rings. The van der Waals surface area contributed by atoms with Crippen LogP contribution in [-0.4, -0.2) is 10.8 Å². The van der Waals surface area contributed by atoms with E-state index in [0.29, 0.717) is 17.8 Å². The number of aromatic nitrogens is 1. The highest BCUT2D eigenvalue weighted by Gasteiger charge is 2.10. The van der Waals surface area contributed by atoms with Gasteiger partial charge in [-0.2, -0.15) is 0 Å². The summed E-state index contributed by atoms with van der Waals surface area (Å²) in [7, 11) is 0. The molecule has 1 aromatic heterocycles. The van der Waals surface area contributed by atoms with Crippen molar-refractivity contribution in [2.75, 3.05) is 5.73 Å². The smallest absolute Gasteiger partial charge is 0.181 e. The summed E-state index contributed by atoms with van der Waals surface area (Å²) in [5.74, 6) is 0.0999. The second kappa shape index (κ2) is 7.77. The van der Waals surface area contributed by atoms with E-state index in [0.717, 1.165) is 23.7 Å². The average molecular weight is 284 g/mol. The first kappa shape index (κ1) is 15.5. The van der Waals surface area contributed by atoms with Gasteiger partial charge in [0.15, 0.2) is 5.78 Å². The second-order valence-electron chi connectivity index (χ2n) is 5.55. The number of anilines is 1. The van der Waals surface area contributed by atoms with Crippen molar-refractivity contribution in [2.24, 2.45) is 0 Å². The van der Waals surface area contributed by atoms with E-state index in [2.05, 4.69) is 11.9 Å². The van der Waals surface area contributed by atoms with Gasteiger partial charge in [-0.05, 0) is 18.6 Å². The molecule has 0 saturated carbocycles. The Morgan fingerprint density at radius 2 is 1.81 bits per heavy atom. The number of carbonyl (C=O) groups is 1. The Labute approximate surface area is 126 Å². The molecule has 2 aromatic rings. The summed E-state index contributed by atoms with van der Waals surface area (Å²) in [5.41, 5.74) is 7.94. The zero-order valence-corrected chi connectivity index (χ0v) is 12.8. The lowest BCUT2D eigenvalue weighted by molar-refractivity contribution is 0.0974. The number of unbranched alkanes of at least 4 members (excludes halogenated alkanes) is 5. The maximum Gasteiger partial charge on any atom is 0.181 e. The van der Waals surface area contributed by atoms with Crippen LogP contribution in [0.2, 0.25) is 0 Å². The number of hydrogen-bond acceptors (Lipinski definition) is 3. The first-order chi connectivity index (χ1) is 10.2. The summed E-state index contributed by atoms with van der Waals surface area (Å²) in [4.78, 5) is 16.6. The van der Waals surface area contributed by atoms with E-state index < -0.39 is 0 Å². The number of Topliss-reactive ketones (excluding diaryl/α,β-unsaturated/α-hetero) is 1. The molecule has 0 atom stereocenters. The van der Waals surface area contributed by atoms with Gasteiger partial charge in [-0.15, -0.1) is 0 Å². The van der Waals surface area contributed by atoms with E-state index in [-0.39, 0.29) is 5.78 Å². The lowest BCUT2D eigenvalue weighted by Gasteiger charge is -2.06. The van der Waals surface area contributed by atoms with Crippen molar-refractivity contribution in [3.8, 4) is 0 Å². The molecule has 0 saturated heterocycles. The third-order valence-electron chi connectivity index (χ3n) is 3.79. The van der Waals surface area contributed by atoms with Crippen LogP contribution in [0.3, 0.4) is 0 Å². The van der Waals surface area contributed by atoms with Crippen LogP contribution in [0, 0.1) is 0 Å². The van der Waals surface area contributed by atoms with E-state index in [9.17, 15) is 4.79 Å². The van der Waals surface area contributed by atoms with Crippen LogP contribution in [-0.2, 0) is 0 Å². The standard InChI is InChI=1S/C18H24N2O/c1-2-3-4-5-6-7-12-18(21)17-13-15(19)14-10-8-9-11-16(14)20-17/h8-11,13H,2-7,12H2,1H3,(H2,19,20). The summed E-state index contributed by atoms with van der Waals surface area (Å²) >= 11 is 0. The number of nitrogens with two attached hydrogens (primary N) is 1. The molecule has 0 aliphatic heterocycles. The van der Waals surface area contributed by atoms with Gasteiger partial charge in [-0.3, -0.25) is 4.79 Å². The summed E-state index contributed by atoms with van der Waals surface area (Å²) in [6.07, 6.45) is 7.65. The molecule has 0 spiro atoms. The van der Waals surface area contributed by atoms with Gasteiger partial charge < -0.3 is 5.73 Å². The number of para-hydroxylation sites is 1. The van der Waals surface area contributed by atoms with Crippen LogP contribution >= 0.6 is 0 Å². The summed E-state index contributed by atoms with van der Waals surface area (Å²) in [6.45, 7) is 2.21. The fourth-order valence-electron chi connectivity index (χ4n) is 2.54. The molecule has 0 radical (unpaired) electrons. The molecule has 3 heteroatoms. The molecule has 0 bridgehead atoms. The van der Waals surface area contributed by atoms with Crippen molar-refractivity contribution in [1.29, 1.82) is 0 Å². The predicted octanol–water partition coefficient (Wildman–Crippen LogP) is 4.75. The molecular weight excluding hydrogens is 260 g/mol. The van der Waals surface area contributed by atoms with Gasteiger partial charge in [0.05, 0.1) is 5.52 Å². The number of hydrogen-bond donors (Lipinski definition) is 1. The van der Waals surface area contributed by atoms with Gasteiger partial charge in [0.25, 0.3) is 0 Å². The average Bonchev–Trinajstić information content (AvgIpc) is 2.50. The zero-order valence-electron chi connectivity index (χ0n) is 12.8. The minimum atomic E-state index is 0.0999. The van der Waals surface area contributed by atoms with E-state index in [4.69, 9.17) is 5.73 Å². The number of nitrogens with zero attached hydrogens (tertiary/aromatic N) is 1. The molecule has 21 heavy (non-hydrogen) atoms. The molecule has 0 amide bonds. The van der Waals surface area contributed by atoms with Gasteiger partial charge in [-0.25, -0.2) is 4.98 Å². The van der Waals surface area contributed by atoms with Gasteiger partial charge in [0.1, 0.15) is 5.69 Å². The topological polar surface area (TPSA) is 56.0 Å². The lowest BCUT2D eigenvalue weighted by Crippen LogP contribution is -2.04. The predicted molar refractivity (Wildman–Crippen MR) is 88.5 cm³/mol. The third-order valence-corrected chi connectivity index (χ3v) is 3.79. The largest absolute Gasteiger partial charge is 0.398 e.